The summed E-state index contributed by atoms with van der Waals surface area (Å²) < 4.78 is 22.8. The highest BCUT2D eigenvalue weighted by Gasteiger charge is 2.31. The molecule has 0 heterocycles. The van der Waals surface area contributed by atoms with Gasteiger partial charge < -0.3 is 11.1 Å². The summed E-state index contributed by atoms with van der Waals surface area (Å²) in [5.41, 5.74) is 6.30. The van der Waals surface area contributed by atoms with Gasteiger partial charge in [0.15, 0.2) is 9.84 Å². The maximum atomic E-state index is 11.9. The number of amides is 1. The fourth-order valence-electron chi connectivity index (χ4n) is 1.22. The third-order valence-corrected chi connectivity index (χ3v) is 5.29. The molecule has 19 heavy (non-hydrogen) atoms. The molecule has 7 heteroatoms. The summed E-state index contributed by atoms with van der Waals surface area (Å²) in [5, 5.41) is 2.91. The van der Waals surface area contributed by atoms with Gasteiger partial charge in [0.2, 0.25) is 5.91 Å². The van der Waals surface area contributed by atoms with Crippen LogP contribution in [-0.4, -0.2) is 24.8 Å². The number of sulfone groups is 1. The van der Waals surface area contributed by atoms with Crippen molar-refractivity contribution in [2.75, 3.05) is 16.8 Å². The van der Waals surface area contributed by atoms with E-state index < -0.39 is 26.2 Å². The summed E-state index contributed by atoms with van der Waals surface area (Å²) in [4.78, 5) is 11.7. The second-order valence-corrected chi connectivity index (χ2v) is 8.33. The van der Waals surface area contributed by atoms with Crippen molar-refractivity contribution in [1.82, 2.24) is 0 Å². The van der Waals surface area contributed by atoms with Crippen molar-refractivity contribution >= 4 is 38.7 Å². The third kappa shape index (κ3) is 4.11. The highest BCUT2D eigenvalue weighted by atomic mass is 35.5. The van der Waals surface area contributed by atoms with E-state index >= 15 is 0 Å². The van der Waals surface area contributed by atoms with Gasteiger partial charge in [-0.1, -0.05) is 11.6 Å². The lowest BCUT2D eigenvalue weighted by atomic mass is 10.2. The fraction of sp³-hybridized carbons (Fsp3) is 0.417. The fourth-order valence-corrected chi connectivity index (χ4v) is 2.25. The molecule has 0 aromatic heterocycles. The monoisotopic (exact) mass is 304 g/mol. The van der Waals surface area contributed by atoms with Gasteiger partial charge in [0.25, 0.3) is 0 Å². The van der Waals surface area contributed by atoms with Crippen molar-refractivity contribution in [2.45, 2.75) is 25.5 Å². The minimum atomic E-state index is -3.52. The van der Waals surface area contributed by atoms with E-state index in [9.17, 15) is 13.2 Å². The number of hydrogen-bond acceptors (Lipinski definition) is 4. The van der Waals surface area contributed by atoms with Crippen molar-refractivity contribution in [3.8, 4) is 0 Å². The molecule has 1 aromatic carbocycles. The van der Waals surface area contributed by atoms with E-state index in [0.717, 1.165) is 0 Å². The molecule has 0 saturated heterocycles. The maximum absolute atomic E-state index is 11.9. The van der Waals surface area contributed by atoms with Gasteiger partial charge >= 0.3 is 0 Å². The first-order valence-corrected chi connectivity index (χ1v) is 7.63. The number of carbonyl (C=O) groups is 1. The predicted octanol–water partition coefficient (Wildman–Crippen LogP) is 2.07. The zero-order valence-electron chi connectivity index (χ0n) is 11.0. The van der Waals surface area contributed by atoms with E-state index in [1.807, 2.05) is 0 Å². The van der Waals surface area contributed by atoms with E-state index in [-0.39, 0.29) is 5.69 Å². The molecule has 0 fully saturated rings. The lowest BCUT2D eigenvalue weighted by Crippen LogP contribution is -2.35. The number of carbonyl (C=O) groups excluding carboxylic acids is 1. The van der Waals surface area contributed by atoms with Crippen LogP contribution >= 0.6 is 11.6 Å². The largest absolute Gasteiger partial charge is 0.397 e. The number of benzene rings is 1. The van der Waals surface area contributed by atoms with E-state index in [2.05, 4.69) is 5.32 Å². The zero-order chi connectivity index (χ0) is 14.8. The molecular weight excluding hydrogens is 288 g/mol. The molecule has 0 radical (unpaired) electrons. The molecule has 3 N–H and O–H groups in total. The average Bonchev–Trinajstić information content (AvgIpc) is 2.19. The summed E-state index contributed by atoms with van der Waals surface area (Å²) in [6.07, 6.45) is 0. The first-order valence-electron chi connectivity index (χ1n) is 5.60. The van der Waals surface area contributed by atoms with Crippen LogP contribution in [0.2, 0.25) is 5.02 Å². The standard InChI is InChI=1S/C12H17ClN2O3S/c1-12(2,3)19(17,18)7-11(16)15-10-5-4-8(13)6-9(10)14/h4-6H,7,14H2,1-3H3,(H,15,16). The maximum Gasteiger partial charge on any atom is 0.239 e. The van der Waals surface area contributed by atoms with Gasteiger partial charge in [-0.15, -0.1) is 0 Å². The van der Waals surface area contributed by atoms with Crippen LogP contribution in [-0.2, 0) is 14.6 Å². The second kappa shape index (κ2) is 5.38. The van der Waals surface area contributed by atoms with E-state index in [0.29, 0.717) is 10.7 Å². The molecule has 106 valence electrons. The van der Waals surface area contributed by atoms with Crippen molar-refractivity contribution in [2.24, 2.45) is 0 Å². The van der Waals surface area contributed by atoms with Crippen molar-refractivity contribution < 1.29 is 13.2 Å². The molecular formula is C12H17ClN2O3S. The molecule has 0 bridgehead atoms. The molecule has 1 aromatic rings. The summed E-state index contributed by atoms with van der Waals surface area (Å²) >= 11 is 5.73. The number of nitrogens with one attached hydrogen (secondary N) is 1. The number of halogens is 1. The smallest absolute Gasteiger partial charge is 0.239 e. The average molecular weight is 305 g/mol. The Labute approximate surface area is 118 Å². The van der Waals surface area contributed by atoms with E-state index in [1.54, 1.807) is 26.8 Å². The van der Waals surface area contributed by atoms with Gasteiger partial charge in [0.05, 0.1) is 16.1 Å². The molecule has 0 unspecified atom stereocenters. The van der Waals surface area contributed by atoms with Crippen LogP contribution in [0.1, 0.15) is 20.8 Å². The van der Waals surface area contributed by atoms with Crippen LogP contribution in [0.5, 0.6) is 0 Å². The quantitative estimate of drug-likeness (QED) is 0.837. The lowest BCUT2D eigenvalue weighted by molar-refractivity contribution is -0.113. The predicted molar refractivity (Wildman–Crippen MR) is 78.0 cm³/mol. The van der Waals surface area contributed by atoms with Crippen LogP contribution in [0.4, 0.5) is 11.4 Å². The summed E-state index contributed by atoms with van der Waals surface area (Å²) in [5.74, 6) is -1.21. The highest BCUT2D eigenvalue weighted by Crippen LogP contribution is 2.23. The molecule has 0 spiro atoms. The SMILES string of the molecule is CC(C)(C)S(=O)(=O)CC(=O)Nc1ccc(Cl)cc1N. The molecule has 0 aliphatic carbocycles. The van der Waals surface area contributed by atoms with Crippen LogP contribution in [0.25, 0.3) is 0 Å². The minimum absolute atomic E-state index is 0.286. The molecule has 1 amide bonds. The van der Waals surface area contributed by atoms with Crippen LogP contribution in [0.3, 0.4) is 0 Å². The number of hydrogen-bond donors (Lipinski definition) is 2. The Hall–Kier alpha value is -1.27. The van der Waals surface area contributed by atoms with Gasteiger partial charge in [0.1, 0.15) is 5.75 Å². The topological polar surface area (TPSA) is 89.3 Å². The van der Waals surface area contributed by atoms with Crippen LogP contribution in [0, 0.1) is 0 Å². The molecule has 0 aliphatic heterocycles. The van der Waals surface area contributed by atoms with Gasteiger partial charge in [-0.3, -0.25) is 4.79 Å². The van der Waals surface area contributed by atoms with E-state index in [1.165, 1.54) is 12.1 Å². The van der Waals surface area contributed by atoms with Gasteiger partial charge in [-0.25, -0.2) is 8.42 Å². The third-order valence-electron chi connectivity index (χ3n) is 2.54. The van der Waals surface area contributed by atoms with Gasteiger partial charge in [-0.05, 0) is 39.0 Å². The second-order valence-electron chi connectivity index (χ2n) is 5.15. The van der Waals surface area contributed by atoms with Crippen molar-refractivity contribution in [3.05, 3.63) is 23.2 Å². The summed E-state index contributed by atoms with van der Waals surface area (Å²) in [7, 11) is -3.52. The number of anilines is 2. The Balaban J connectivity index is 2.82. The number of rotatable bonds is 3. The van der Waals surface area contributed by atoms with Crippen molar-refractivity contribution in [1.29, 1.82) is 0 Å². The first-order chi connectivity index (χ1) is 8.53. The Morgan fingerprint density at radius 2 is 1.95 bits per heavy atom. The van der Waals surface area contributed by atoms with Gasteiger partial charge in [-0.2, -0.15) is 0 Å². The Morgan fingerprint density at radius 3 is 2.42 bits per heavy atom. The number of nitrogen functional groups attached to an aromatic ring is 1. The Morgan fingerprint density at radius 1 is 1.37 bits per heavy atom. The van der Waals surface area contributed by atoms with Crippen molar-refractivity contribution in [3.63, 3.8) is 0 Å². The Kier molecular flexibility index (Phi) is 4.47. The number of nitrogens with two attached hydrogens (primary N) is 1. The molecule has 0 saturated carbocycles. The van der Waals surface area contributed by atoms with Crippen LogP contribution in [0.15, 0.2) is 18.2 Å². The molecule has 5 nitrogen and oxygen atoms in total. The van der Waals surface area contributed by atoms with Crippen LogP contribution < -0.4 is 11.1 Å². The molecule has 0 aliphatic rings. The normalized spacial score (nSPS) is 12.2. The van der Waals surface area contributed by atoms with Gasteiger partial charge in [0, 0.05) is 5.02 Å². The summed E-state index contributed by atoms with van der Waals surface area (Å²) in [6, 6.07) is 4.57. The zero-order valence-corrected chi connectivity index (χ0v) is 12.6. The highest BCUT2D eigenvalue weighted by molar-refractivity contribution is 7.93. The van der Waals surface area contributed by atoms with E-state index in [4.69, 9.17) is 17.3 Å². The Bertz CT molecular complexity index is 591. The minimum Gasteiger partial charge on any atom is -0.397 e. The molecule has 1 rings (SSSR count). The summed E-state index contributed by atoms with van der Waals surface area (Å²) in [6.45, 7) is 4.64. The molecule has 0 atom stereocenters. The first kappa shape index (κ1) is 15.8. The lowest BCUT2D eigenvalue weighted by Gasteiger charge is -2.18.